The number of aryl methyl sites for hydroxylation is 3. The van der Waals surface area contributed by atoms with Gasteiger partial charge in [-0.2, -0.15) is 10.2 Å². The zero-order valence-corrected chi connectivity index (χ0v) is 15.8. The lowest BCUT2D eigenvalue weighted by molar-refractivity contribution is 0.0783. The topological polar surface area (TPSA) is 56.0 Å². The molecule has 1 aromatic carbocycles. The zero-order chi connectivity index (χ0) is 18.7. The maximum absolute atomic E-state index is 12.6. The number of nitrogens with zero attached hydrogens (tertiary/aromatic N) is 5. The molecule has 0 aliphatic heterocycles. The zero-order valence-electron chi connectivity index (χ0n) is 15.8. The van der Waals surface area contributed by atoms with Gasteiger partial charge in [0.1, 0.15) is 0 Å². The van der Waals surface area contributed by atoms with Crippen LogP contribution in [-0.2, 0) is 19.6 Å². The highest BCUT2D eigenvalue weighted by molar-refractivity contribution is 5.94. The molecule has 26 heavy (non-hydrogen) atoms. The molecule has 0 radical (unpaired) electrons. The van der Waals surface area contributed by atoms with Crippen molar-refractivity contribution in [2.45, 2.75) is 40.4 Å². The molecule has 1 amide bonds. The number of hydrogen-bond donors (Lipinski definition) is 0. The van der Waals surface area contributed by atoms with Crippen LogP contribution in [0.5, 0.6) is 0 Å². The number of rotatable bonds is 6. The molecule has 0 aliphatic rings. The van der Waals surface area contributed by atoms with Gasteiger partial charge in [-0.25, -0.2) is 0 Å². The minimum absolute atomic E-state index is 0.00582. The molecular weight excluding hydrogens is 326 g/mol. The van der Waals surface area contributed by atoms with E-state index < -0.39 is 0 Å². The molecule has 3 aromatic rings. The van der Waals surface area contributed by atoms with Crippen LogP contribution in [0, 0.1) is 13.8 Å². The standard InChI is InChI=1S/C20H25N5O/c1-5-24-11-10-19(22-24)14-23(4)20(26)18-8-6-17(7-9-18)13-25-16(3)12-15(2)21-25/h6-12H,5,13-14H2,1-4H3. The lowest BCUT2D eigenvalue weighted by atomic mass is 10.1. The second-order valence-electron chi connectivity index (χ2n) is 6.61. The van der Waals surface area contributed by atoms with Gasteiger partial charge < -0.3 is 4.90 Å². The van der Waals surface area contributed by atoms with Gasteiger partial charge in [-0.05, 0) is 50.6 Å². The summed E-state index contributed by atoms with van der Waals surface area (Å²) in [5.41, 5.74) is 4.84. The lowest BCUT2D eigenvalue weighted by Gasteiger charge is -2.16. The summed E-state index contributed by atoms with van der Waals surface area (Å²) in [5, 5.41) is 8.91. The molecule has 2 aromatic heterocycles. The van der Waals surface area contributed by atoms with Gasteiger partial charge in [0.2, 0.25) is 0 Å². The average Bonchev–Trinajstić information content (AvgIpc) is 3.20. The quantitative estimate of drug-likeness (QED) is 0.686. The number of aromatic nitrogens is 4. The first-order valence-corrected chi connectivity index (χ1v) is 8.84. The Morgan fingerprint density at radius 3 is 2.42 bits per heavy atom. The highest BCUT2D eigenvalue weighted by Crippen LogP contribution is 2.12. The third kappa shape index (κ3) is 4.02. The predicted molar refractivity (Wildman–Crippen MR) is 101 cm³/mol. The van der Waals surface area contributed by atoms with Crippen molar-refractivity contribution in [1.82, 2.24) is 24.5 Å². The molecule has 0 aliphatic carbocycles. The van der Waals surface area contributed by atoms with Crippen molar-refractivity contribution in [3.63, 3.8) is 0 Å². The minimum atomic E-state index is -0.00582. The van der Waals surface area contributed by atoms with E-state index in [0.29, 0.717) is 18.7 Å². The van der Waals surface area contributed by atoms with Crippen molar-refractivity contribution in [2.75, 3.05) is 7.05 Å². The molecule has 3 rings (SSSR count). The van der Waals surface area contributed by atoms with Crippen LogP contribution in [0.25, 0.3) is 0 Å². The van der Waals surface area contributed by atoms with Gasteiger partial charge in [-0.1, -0.05) is 12.1 Å². The fourth-order valence-corrected chi connectivity index (χ4v) is 2.96. The van der Waals surface area contributed by atoms with Crippen LogP contribution in [0.15, 0.2) is 42.6 Å². The molecule has 0 bridgehead atoms. The number of carbonyl (C=O) groups is 1. The summed E-state index contributed by atoms with van der Waals surface area (Å²) < 4.78 is 3.84. The van der Waals surface area contributed by atoms with E-state index in [1.807, 2.05) is 66.7 Å². The normalized spacial score (nSPS) is 10.9. The van der Waals surface area contributed by atoms with Crippen LogP contribution < -0.4 is 0 Å². The molecular formula is C20H25N5O. The second-order valence-corrected chi connectivity index (χ2v) is 6.61. The van der Waals surface area contributed by atoms with E-state index in [-0.39, 0.29) is 5.91 Å². The number of carbonyl (C=O) groups excluding carboxylic acids is 1. The largest absolute Gasteiger partial charge is 0.336 e. The second kappa shape index (κ2) is 7.56. The van der Waals surface area contributed by atoms with Crippen molar-refractivity contribution >= 4 is 5.91 Å². The Hall–Kier alpha value is -2.89. The van der Waals surface area contributed by atoms with E-state index in [2.05, 4.69) is 16.3 Å². The predicted octanol–water partition coefficient (Wildman–Crippen LogP) is 3.04. The summed E-state index contributed by atoms with van der Waals surface area (Å²) in [6, 6.07) is 11.7. The van der Waals surface area contributed by atoms with Crippen LogP contribution in [-0.4, -0.2) is 37.4 Å². The molecule has 0 fully saturated rings. The smallest absolute Gasteiger partial charge is 0.253 e. The molecule has 136 valence electrons. The van der Waals surface area contributed by atoms with E-state index in [9.17, 15) is 4.79 Å². The van der Waals surface area contributed by atoms with Gasteiger partial charge in [-0.3, -0.25) is 14.2 Å². The van der Waals surface area contributed by atoms with E-state index in [1.165, 1.54) is 0 Å². The maximum atomic E-state index is 12.6. The van der Waals surface area contributed by atoms with Gasteiger partial charge in [0.25, 0.3) is 5.91 Å². The summed E-state index contributed by atoms with van der Waals surface area (Å²) in [4.78, 5) is 14.3. The molecule has 0 N–H and O–H groups in total. The Morgan fingerprint density at radius 2 is 1.85 bits per heavy atom. The maximum Gasteiger partial charge on any atom is 0.253 e. The average molecular weight is 351 g/mol. The van der Waals surface area contributed by atoms with Gasteiger partial charge in [-0.15, -0.1) is 0 Å². The van der Waals surface area contributed by atoms with Gasteiger partial charge in [0, 0.05) is 31.0 Å². The van der Waals surface area contributed by atoms with Crippen LogP contribution in [0.2, 0.25) is 0 Å². The first-order chi connectivity index (χ1) is 12.5. The summed E-state index contributed by atoms with van der Waals surface area (Å²) in [5.74, 6) is -0.00582. The summed E-state index contributed by atoms with van der Waals surface area (Å²) in [7, 11) is 1.80. The Morgan fingerprint density at radius 1 is 1.12 bits per heavy atom. The molecule has 0 saturated carbocycles. The third-order valence-electron chi connectivity index (χ3n) is 4.40. The molecule has 0 atom stereocenters. The van der Waals surface area contributed by atoms with Crippen LogP contribution in [0.1, 0.15) is 39.9 Å². The third-order valence-corrected chi connectivity index (χ3v) is 4.40. The van der Waals surface area contributed by atoms with Crippen LogP contribution in [0.4, 0.5) is 0 Å². The highest BCUT2D eigenvalue weighted by Gasteiger charge is 2.13. The Labute approximate surface area is 154 Å². The molecule has 0 saturated heterocycles. The Balaban J connectivity index is 1.65. The monoisotopic (exact) mass is 351 g/mol. The first kappa shape index (κ1) is 17.9. The molecule has 6 heteroatoms. The fourth-order valence-electron chi connectivity index (χ4n) is 2.96. The van der Waals surface area contributed by atoms with Crippen molar-refractivity contribution < 1.29 is 4.79 Å². The van der Waals surface area contributed by atoms with Crippen molar-refractivity contribution in [1.29, 1.82) is 0 Å². The van der Waals surface area contributed by atoms with E-state index in [1.54, 1.807) is 11.9 Å². The van der Waals surface area contributed by atoms with Crippen molar-refractivity contribution in [3.8, 4) is 0 Å². The van der Waals surface area contributed by atoms with Gasteiger partial charge >= 0.3 is 0 Å². The van der Waals surface area contributed by atoms with E-state index in [0.717, 1.165) is 29.2 Å². The van der Waals surface area contributed by atoms with Gasteiger partial charge in [0.15, 0.2) is 0 Å². The first-order valence-electron chi connectivity index (χ1n) is 8.84. The fraction of sp³-hybridized carbons (Fsp3) is 0.350. The SMILES string of the molecule is CCn1ccc(CN(C)C(=O)c2ccc(Cn3nc(C)cc3C)cc2)n1. The van der Waals surface area contributed by atoms with Crippen molar-refractivity contribution in [2.24, 2.45) is 0 Å². The van der Waals surface area contributed by atoms with E-state index >= 15 is 0 Å². The van der Waals surface area contributed by atoms with Crippen molar-refractivity contribution in [3.05, 3.63) is 70.8 Å². The summed E-state index contributed by atoms with van der Waals surface area (Å²) >= 11 is 0. The van der Waals surface area contributed by atoms with Crippen LogP contribution >= 0.6 is 0 Å². The summed E-state index contributed by atoms with van der Waals surface area (Å²) in [6.07, 6.45) is 1.93. The molecule has 2 heterocycles. The summed E-state index contributed by atoms with van der Waals surface area (Å²) in [6.45, 7) is 8.11. The van der Waals surface area contributed by atoms with Gasteiger partial charge in [0.05, 0.1) is 24.5 Å². The molecule has 0 spiro atoms. The number of amides is 1. The number of hydrogen-bond acceptors (Lipinski definition) is 3. The molecule has 6 nitrogen and oxygen atoms in total. The van der Waals surface area contributed by atoms with Crippen LogP contribution in [0.3, 0.4) is 0 Å². The lowest BCUT2D eigenvalue weighted by Crippen LogP contribution is -2.26. The Kier molecular flexibility index (Phi) is 5.21. The highest BCUT2D eigenvalue weighted by atomic mass is 16.2. The number of benzene rings is 1. The Bertz CT molecular complexity index is 891. The molecule has 0 unspecified atom stereocenters. The minimum Gasteiger partial charge on any atom is -0.336 e. The van der Waals surface area contributed by atoms with E-state index in [4.69, 9.17) is 0 Å².